The number of aryl methyl sites for hydroxylation is 1. The molecule has 1 fully saturated rings. The van der Waals surface area contributed by atoms with Crippen LogP contribution in [-0.2, 0) is 13.5 Å². The van der Waals surface area contributed by atoms with Crippen molar-refractivity contribution in [1.82, 2.24) is 29.9 Å². The Morgan fingerprint density at radius 3 is 2.73 bits per heavy atom. The molecule has 0 radical (unpaired) electrons. The lowest BCUT2D eigenvalue weighted by atomic mass is 9.89. The maximum atomic E-state index is 12.7. The van der Waals surface area contributed by atoms with Gasteiger partial charge in [-0.3, -0.25) is 9.48 Å². The van der Waals surface area contributed by atoms with E-state index in [1.54, 1.807) is 17.1 Å². The van der Waals surface area contributed by atoms with E-state index in [1.807, 2.05) is 42.2 Å². The number of aliphatic hydroxyl groups is 1. The number of hydrogen-bond donors (Lipinski definition) is 2. The van der Waals surface area contributed by atoms with Gasteiger partial charge < -0.3 is 10.4 Å². The Labute approximate surface area is 173 Å². The molecule has 0 spiro atoms. The second-order valence-corrected chi connectivity index (χ2v) is 7.69. The first kappa shape index (κ1) is 18.5. The highest BCUT2D eigenvalue weighted by atomic mass is 16.3. The molecule has 2 N–H and O–H groups in total. The maximum Gasteiger partial charge on any atom is 0.270 e. The first-order chi connectivity index (χ1) is 14.6. The van der Waals surface area contributed by atoms with E-state index in [4.69, 9.17) is 0 Å². The number of nitrogens with one attached hydrogen (secondary N) is 1. The number of aliphatic hydroxyl groups excluding tert-OH is 1. The molecule has 3 aromatic heterocycles. The van der Waals surface area contributed by atoms with Crippen LogP contribution >= 0.6 is 0 Å². The molecule has 1 aromatic carbocycles. The number of fused-ring (bicyclic) bond motifs is 1. The first-order valence-corrected chi connectivity index (χ1v) is 9.98. The number of carbonyl (C=O) groups is 1. The molecular formula is C22H22N6O2. The SMILES string of the molecule is Cn1ncc2nc(C(=O)N[C@@H]3CC[C@H]3O)cc(Cc3ccc(-n4cccn4)cc3)c21. The van der Waals surface area contributed by atoms with Crippen molar-refractivity contribution in [2.45, 2.75) is 31.4 Å². The molecule has 0 saturated heterocycles. The highest BCUT2D eigenvalue weighted by Gasteiger charge is 2.30. The average molecular weight is 402 g/mol. The van der Waals surface area contributed by atoms with E-state index < -0.39 is 6.10 Å². The second-order valence-electron chi connectivity index (χ2n) is 7.69. The summed E-state index contributed by atoms with van der Waals surface area (Å²) in [7, 11) is 1.87. The van der Waals surface area contributed by atoms with Gasteiger partial charge in [0, 0.05) is 19.4 Å². The molecule has 2 atom stereocenters. The van der Waals surface area contributed by atoms with Crippen LogP contribution in [0.2, 0.25) is 0 Å². The second kappa shape index (κ2) is 7.38. The van der Waals surface area contributed by atoms with Crippen molar-refractivity contribution in [3.63, 3.8) is 0 Å². The highest BCUT2D eigenvalue weighted by Crippen LogP contribution is 2.23. The van der Waals surface area contributed by atoms with Gasteiger partial charge in [0.15, 0.2) is 0 Å². The summed E-state index contributed by atoms with van der Waals surface area (Å²) in [6, 6.07) is 11.7. The first-order valence-electron chi connectivity index (χ1n) is 9.98. The van der Waals surface area contributed by atoms with Crippen molar-refractivity contribution < 1.29 is 9.90 Å². The Morgan fingerprint density at radius 1 is 1.23 bits per heavy atom. The van der Waals surface area contributed by atoms with Crippen molar-refractivity contribution in [2.75, 3.05) is 0 Å². The van der Waals surface area contributed by atoms with Crippen LogP contribution in [0.1, 0.15) is 34.5 Å². The third kappa shape index (κ3) is 3.35. The largest absolute Gasteiger partial charge is 0.391 e. The number of nitrogens with zero attached hydrogens (tertiary/aromatic N) is 5. The van der Waals surface area contributed by atoms with Crippen LogP contribution < -0.4 is 5.32 Å². The van der Waals surface area contributed by atoms with Crippen LogP contribution in [0.15, 0.2) is 55.0 Å². The molecule has 0 bridgehead atoms. The van der Waals surface area contributed by atoms with Gasteiger partial charge in [0.25, 0.3) is 5.91 Å². The summed E-state index contributed by atoms with van der Waals surface area (Å²) in [6.07, 6.45) is 7.01. The summed E-state index contributed by atoms with van der Waals surface area (Å²) < 4.78 is 3.60. The smallest absolute Gasteiger partial charge is 0.270 e. The predicted molar refractivity (Wildman–Crippen MR) is 111 cm³/mol. The van der Waals surface area contributed by atoms with Gasteiger partial charge in [-0.1, -0.05) is 12.1 Å². The summed E-state index contributed by atoms with van der Waals surface area (Å²) in [6.45, 7) is 0. The van der Waals surface area contributed by atoms with Gasteiger partial charge in [0.1, 0.15) is 11.2 Å². The van der Waals surface area contributed by atoms with Gasteiger partial charge in [-0.25, -0.2) is 9.67 Å². The molecule has 3 heterocycles. The Bertz CT molecular complexity index is 1200. The van der Waals surface area contributed by atoms with Crippen LogP contribution in [-0.4, -0.2) is 47.7 Å². The zero-order chi connectivity index (χ0) is 20.7. The molecule has 0 aliphatic heterocycles. The molecule has 0 unspecified atom stereocenters. The number of carbonyl (C=O) groups excluding carboxylic acids is 1. The number of pyridine rings is 1. The fourth-order valence-corrected chi connectivity index (χ4v) is 3.83. The normalized spacial score (nSPS) is 18.3. The topological polar surface area (TPSA) is 97.9 Å². The standard InChI is InChI=1S/C22H22N6O2/c1-27-21-15(11-14-3-5-16(6-4-14)28-10-2-9-23-28)12-18(25-19(21)13-24-27)22(30)26-17-7-8-20(17)29/h2-6,9-10,12-13,17,20,29H,7-8,11H2,1H3,(H,26,30)/t17-,20-/m1/s1. The number of rotatable bonds is 5. The van der Waals surface area contributed by atoms with Crippen LogP contribution in [0.25, 0.3) is 16.7 Å². The third-order valence-corrected chi connectivity index (χ3v) is 5.66. The van der Waals surface area contributed by atoms with E-state index in [1.165, 1.54) is 0 Å². The fourth-order valence-electron chi connectivity index (χ4n) is 3.83. The van der Waals surface area contributed by atoms with Gasteiger partial charge in [0.05, 0.1) is 29.5 Å². The van der Waals surface area contributed by atoms with E-state index in [9.17, 15) is 9.90 Å². The quantitative estimate of drug-likeness (QED) is 0.532. The Hall–Kier alpha value is -3.52. The zero-order valence-electron chi connectivity index (χ0n) is 16.6. The third-order valence-electron chi connectivity index (χ3n) is 5.66. The molecule has 8 nitrogen and oxygen atoms in total. The Morgan fingerprint density at radius 2 is 2.07 bits per heavy atom. The van der Waals surface area contributed by atoms with E-state index in [0.29, 0.717) is 17.6 Å². The molecule has 1 amide bonds. The number of amides is 1. The minimum atomic E-state index is -0.469. The molecule has 1 aliphatic rings. The molecular weight excluding hydrogens is 380 g/mol. The molecule has 4 aromatic rings. The van der Waals surface area contributed by atoms with Gasteiger partial charge in [-0.15, -0.1) is 0 Å². The van der Waals surface area contributed by atoms with E-state index in [2.05, 4.69) is 32.6 Å². The van der Waals surface area contributed by atoms with Gasteiger partial charge in [0.2, 0.25) is 0 Å². The van der Waals surface area contributed by atoms with E-state index in [-0.39, 0.29) is 11.9 Å². The summed E-state index contributed by atoms with van der Waals surface area (Å²) >= 11 is 0. The van der Waals surface area contributed by atoms with Crippen LogP contribution in [0.4, 0.5) is 0 Å². The Kier molecular flexibility index (Phi) is 4.55. The lowest BCUT2D eigenvalue weighted by Crippen LogP contribution is -2.50. The Balaban J connectivity index is 1.45. The molecule has 1 saturated carbocycles. The van der Waals surface area contributed by atoms with Crippen molar-refractivity contribution in [2.24, 2.45) is 7.05 Å². The molecule has 30 heavy (non-hydrogen) atoms. The molecule has 5 rings (SSSR count). The summed E-state index contributed by atoms with van der Waals surface area (Å²) in [4.78, 5) is 17.2. The predicted octanol–water partition coefficient (Wildman–Crippen LogP) is 2.00. The number of aromatic nitrogens is 5. The van der Waals surface area contributed by atoms with Crippen LogP contribution in [0.3, 0.4) is 0 Å². The lowest BCUT2D eigenvalue weighted by molar-refractivity contribution is 0.0446. The van der Waals surface area contributed by atoms with Crippen molar-refractivity contribution >= 4 is 16.9 Å². The highest BCUT2D eigenvalue weighted by molar-refractivity contribution is 5.95. The van der Waals surface area contributed by atoms with Crippen LogP contribution in [0.5, 0.6) is 0 Å². The zero-order valence-corrected chi connectivity index (χ0v) is 16.6. The number of hydrogen-bond acceptors (Lipinski definition) is 5. The number of benzene rings is 1. The van der Waals surface area contributed by atoms with Crippen molar-refractivity contribution in [3.05, 3.63) is 71.8 Å². The lowest BCUT2D eigenvalue weighted by Gasteiger charge is -2.32. The average Bonchev–Trinajstić information content (AvgIpc) is 3.42. The molecule has 8 heteroatoms. The van der Waals surface area contributed by atoms with Crippen molar-refractivity contribution in [1.29, 1.82) is 0 Å². The van der Waals surface area contributed by atoms with E-state index >= 15 is 0 Å². The fraction of sp³-hybridized carbons (Fsp3) is 0.273. The van der Waals surface area contributed by atoms with Gasteiger partial charge in [-0.2, -0.15) is 10.2 Å². The summed E-state index contributed by atoms with van der Waals surface area (Å²) in [5.41, 5.74) is 5.02. The maximum absolute atomic E-state index is 12.7. The summed E-state index contributed by atoms with van der Waals surface area (Å²) in [5.74, 6) is -0.264. The minimum absolute atomic E-state index is 0.192. The molecule has 152 valence electrons. The minimum Gasteiger partial charge on any atom is -0.391 e. The summed E-state index contributed by atoms with van der Waals surface area (Å²) in [5, 5.41) is 21.2. The van der Waals surface area contributed by atoms with Crippen LogP contribution in [0, 0.1) is 0 Å². The van der Waals surface area contributed by atoms with Gasteiger partial charge >= 0.3 is 0 Å². The molecule has 1 aliphatic carbocycles. The monoisotopic (exact) mass is 402 g/mol. The van der Waals surface area contributed by atoms with E-state index in [0.717, 1.165) is 35.2 Å². The van der Waals surface area contributed by atoms with Crippen molar-refractivity contribution in [3.8, 4) is 5.69 Å². The van der Waals surface area contributed by atoms with Gasteiger partial charge in [-0.05, 0) is 54.7 Å².